The van der Waals surface area contributed by atoms with Crippen molar-refractivity contribution in [2.45, 2.75) is 13.8 Å². The third kappa shape index (κ3) is 4.59. The van der Waals surface area contributed by atoms with E-state index in [0.717, 1.165) is 16.8 Å². The molecule has 1 amide bonds. The SMILES string of the molecule is Cc1ccc(OCC(=O)Nc2nc(-c3cccc(Cl)c3)cs2)cc1C. The number of carbonyl (C=O) groups excluding carboxylic acids is 1. The zero-order chi connectivity index (χ0) is 17.8. The van der Waals surface area contributed by atoms with Gasteiger partial charge in [-0.3, -0.25) is 10.1 Å². The molecular formula is C19H17ClN2O2S. The molecule has 128 valence electrons. The summed E-state index contributed by atoms with van der Waals surface area (Å²) in [6, 6.07) is 13.2. The van der Waals surface area contributed by atoms with E-state index in [2.05, 4.69) is 10.3 Å². The Morgan fingerprint density at radius 2 is 2.04 bits per heavy atom. The van der Waals surface area contributed by atoms with E-state index in [1.54, 1.807) is 0 Å². The Balaban J connectivity index is 1.59. The standard InChI is InChI=1S/C19H17ClN2O2S/c1-12-6-7-16(8-13(12)2)24-10-18(23)22-19-21-17(11-25-19)14-4-3-5-15(20)9-14/h3-9,11H,10H2,1-2H3,(H,21,22,23). The molecule has 0 spiro atoms. The lowest BCUT2D eigenvalue weighted by atomic mass is 10.1. The number of hydrogen-bond acceptors (Lipinski definition) is 4. The number of carbonyl (C=O) groups is 1. The fraction of sp³-hybridized carbons (Fsp3) is 0.158. The predicted octanol–water partition coefficient (Wildman–Crippen LogP) is 5.10. The normalized spacial score (nSPS) is 10.5. The number of aryl methyl sites for hydroxylation is 2. The minimum atomic E-state index is -0.245. The van der Waals surface area contributed by atoms with Crippen molar-refractivity contribution in [3.63, 3.8) is 0 Å². The van der Waals surface area contributed by atoms with E-state index in [-0.39, 0.29) is 12.5 Å². The van der Waals surface area contributed by atoms with E-state index in [1.807, 2.05) is 61.7 Å². The summed E-state index contributed by atoms with van der Waals surface area (Å²) in [6.07, 6.45) is 0. The second-order valence-corrected chi connectivity index (χ2v) is 6.93. The Kier molecular flexibility index (Phi) is 5.36. The van der Waals surface area contributed by atoms with Gasteiger partial charge in [-0.05, 0) is 49.2 Å². The molecule has 0 fully saturated rings. The van der Waals surface area contributed by atoms with Crippen LogP contribution in [0.1, 0.15) is 11.1 Å². The lowest BCUT2D eigenvalue weighted by Gasteiger charge is -2.07. The zero-order valence-electron chi connectivity index (χ0n) is 13.9. The summed E-state index contributed by atoms with van der Waals surface area (Å²) in [5.74, 6) is 0.433. The number of halogens is 1. The molecule has 0 atom stereocenters. The van der Waals surface area contributed by atoms with Crippen molar-refractivity contribution in [2.24, 2.45) is 0 Å². The summed E-state index contributed by atoms with van der Waals surface area (Å²) in [6.45, 7) is 3.98. The number of aromatic nitrogens is 1. The summed E-state index contributed by atoms with van der Waals surface area (Å²) < 4.78 is 5.53. The number of hydrogen-bond donors (Lipinski definition) is 1. The second-order valence-electron chi connectivity index (χ2n) is 5.63. The quantitative estimate of drug-likeness (QED) is 0.678. The van der Waals surface area contributed by atoms with Crippen LogP contribution in [0.4, 0.5) is 5.13 Å². The van der Waals surface area contributed by atoms with Crippen LogP contribution in [0.15, 0.2) is 47.8 Å². The van der Waals surface area contributed by atoms with Crippen LogP contribution in [0.2, 0.25) is 5.02 Å². The lowest BCUT2D eigenvalue weighted by molar-refractivity contribution is -0.118. The van der Waals surface area contributed by atoms with Crippen molar-refractivity contribution >= 4 is 34.0 Å². The molecule has 0 bridgehead atoms. The first-order chi connectivity index (χ1) is 12.0. The number of nitrogens with one attached hydrogen (secondary N) is 1. The summed E-state index contributed by atoms with van der Waals surface area (Å²) in [4.78, 5) is 16.5. The van der Waals surface area contributed by atoms with Gasteiger partial charge in [0.2, 0.25) is 0 Å². The maximum absolute atomic E-state index is 12.0. The van der Waals surface area contributed by atoms with Crippen LogP contribution in [0, 0.1) is 13.8 Å². The van der Waals surface area contributed by atoms with Gasteiger partial charge in [0.1, 0.15) is 5.75 Å². The van der Waals surface area contributed by atoms with Crippen LogP contribution in [-0.4, -0.2) is 17.5 Å². The third-order valence-electron chi connectivity index (χ3n) is 3.72. The van der Waals surface area contributed by atoms with Crippen LogP contribution in [0.3, 0.4) is 0 Å². The topological polar surface area (TPSA) is 51.2 Å². The molecule has 3 aromatic rings. The average Bonchev–Trinajstić information content (AvgIpc) is 3.04. The van der Waals surface area contributed by atoms with Crippen LogP contribution >= 0.6 is 22.9 Å². The fourth-order valence-corrected chi connectivity index (χ4v) is 3.15. The molecule has 4 nitrogen and oxygen atoms in total. The predicted molar refractivity (Wildman–Crippen MR) is 103 cm³/mol. The van der Waals surface area contributed by atoms with Crippen LogP contribution in [0.25, 0.3) is 11.3 Å². The Hall–Kier alpha value is -2.37. The molecule has 3 rings (SSSR count). The maximum atomic E-state index is 12.0. The van der Waals surface area contributed by atoms with E-state index in [4.69, 9.17) is 16.3 Å². The number of rotatable bonds is 5. The average molecular weight is 373 g/mol. The summed E-state index contributed by atoms with van der Waals surface area (Å²) in [5, 5.41) is 5.82. The number of thiazole rings is 1. The van der Waals surface area contributed by atoms with Crippen molar-refractivity contribution in [1.29, 1.82) is 0 Å². The number of amides is 1. The van der Waals surface area contributed by atoms with Gasteiger partial charge in [0.15, 0.2) is 11.7 Å². The van der Waals surface area contributed by atoms with E-state index >= 15 is 0 Å². The molecule has 0 saturated heterocycles. The highest BCUT2D eigenvalue weighted by Crippen LogP contribution is 2.26. The van der Waals surface area contributed by atoms with Crippen molar-refractivity contribution in [3.05, 3.63) is 64.0 Å². The van der Waals surface area contributed by atoms with Crippen LogP contribution in [0.5, 0.6) is 5.75 Å². The van der Waals surface area contributed by atoms with Crippen molar-refractivity contribution in [2.75, 3.05) is 11.9 Å². The van der Waals surface area contributed by atoms with Crippen LogP contribution < -0.4 is 10.1 Å². The first-order valence-electron chi connectivity index (χ1n) is 7.72. The molecule has 6 heteroatoms. The molecule has 25 heavy (non-hydrogen) atoms. The van der Waals surface area contributed by atoms with Gasteiger partial charge in [-0.15, -0.1) is 11.3 Å². The number of anilines is 1. The Labute approximate surface area is 155 Å². The molecular weight excluding hydrogens is 356 g/mol. The molecule has 0 saturated carbocycles. The monoisotopic (exact) mass is 372 g/mol. The Bertz CT molecular complexity index is 908. The van der Waals surface area contributed by atoms with Crippen molar-refractivity contribution in [1.82, 2.24) is 4.98 Å². The molecule has 1 aromatic heterocycles. The Morgan fingerprint density at radius 3 is 2.80 bits per heavy atom. The largest absolute Gasteiger partial charge is 0.484 e. The van der Waals surface area contributed by atoms with Gasteiger partial charge in [0.05, 0.1) is 5.69 Å². The van der Waals surface area contributed by atoms with Gasteiger partial charge in [-0.2, -0.15) is 0 Å². The minimum absolute atomic E-state index is 0.0609. The first-order valence-corrected chi connectivity index (χ1v) is 8.98. The summed E-state index contributed by atoms with van der Waals surface area (Å²) in [7, 11) is 0. The molecule has 0 radical (unpaired) electrons. The van der Waals surface area contributed by atoms with E-state index in [9.17, 15) is 4.79 Å². The first kappa shape index (κ1) is 17.5. The molecule has 1 N–H and O–H groups in total. The Morgan fingerprint density at radius 1 is 1.20 bits per heavy atom. The highest BCUT2D eigenvalue weighted by atomic mass is 35.5. The highest BCUT2D eigenvalue weighted by molar-refractivity contribution is 7.14. The number of ether oxygens (including phenoxy) is 1. The molecule has 0 aliphatic rings. The molecule has 0 unspecified atom stereocenters. The summed E-state index contributed by atoms with van der Waals surface area (Å²) >= 11 is 7.36. The maximum Gasteiger partial charge on any atom is 0.264 e. The summed E-state index contributed by atoms with van der Waals surface area (Å²) in [5.41, 5.74) is 4.01. The van der Waals surface area contributed by atoms with Gasteiger partial charge >= 0.3 is 0 Å². The van der Waals surface area contributed by atoms with E-state index in [0.29, 0.717) is 15.9 Å². The van der Waals surface area contributed by atoms with E-state index in [1.165, 1.54) is 16.9 Å². The zero-order valence-corrected chi connectivity index (χ0v) is 15.4. The highest BCUT2D eigenvalue weighted by Gasteiger charge is 2.09. The fourth-order valence-electron chi connectivity index (χ4n) is 2.22. The van der Waals surface area contributed by atoms with Gasteiger partial charge in [0, 0.05) is 16.0 Å². The van der Waals surface area contributed by atoms with E-state index < -0.39 is 0 Å². The molecule has 0 aliphatic carbocycles. The van der Waals surface area contributed by atoms with Crippen molar-refractivity contribution < 1.29 is 9.53 Å². The van der Waals surface area contributed by atoms with Gasteiger partial charge in [-0.1, -0.05) is 29.8 Å². The minimum Gasteiger partial charge on any atom is -0.484 e. The number of nitrogens with zero attached hydrogens (tertiary/aromatic N) is 1. The molecule has 0 aliphatic heterocycles. The number of benzene rings is 2. The molecule has 2 aromatic carbocycles. The lowest BCUT2D eigenvalue weighted by Crippen LogP contribution is -2.20. The third-order valence-corrected chi connectivity index (χ3v) is 4.71. The van der Waals surface area contributed by atoms with Gasteiger partial charge in [-0.25, -0.2) is 4.98 Å². The second kappa shape index (κ2) is 7.68. The van der Waals surface area contributed by atoms with Gasteiger partial charge in [0.25, 0.3) is 5.91 Å². The van der Waals surface area contributed by atoms with Gasteiger partial charge < -0.3 is 4.74 Å². The van der Waals surface area contributed by atoms with Crippen LogP contribution in [-0.2, 0) is 4.79 Å². The molecule has 1 heterocycles. The smallest absolute Gasteiger partial charge is 0.264 e. The van der Waals surface area contributed by atoms with Crippen molar-refractivity contribution in [3.8, 4) is 17.0 Å².